The van der Waals surface area contributed by atoms with Crippen LogP contribution in [0.2, 0.25) is 0 Å². The molecule has 2 aliphatic heterocycles. The zero-order valence-electron chi connectivity index (χ0n) is 16.0. The van der Waals surface area contributed by atoms with Crippen LogP contribution in [-0.4, -0.2) is 32.8 Å². The van der Waals surface area contributed by atoms with Crippen molar-refractivity contribution in [2.75, 3.05) is 0 Å². The number of unbranched alkanes of at least 4 members (excludes halogenated alkanes) is 3. The van der Waals surface area contributed by atoms with Gasteiger partial charge in [-0.1, -0.05) is 50.7 Å². The zero-order chi connectivity index (χ0) is 18.4. The molecule has 2 bridgehead atoms. The second-order valence-electron chi connectivity index (χ2n) is 8.65. The Labute approximate surface area is 163 Å². The second-order valence-corrected chi connectivity index (χ2v) is 10.1. The van der Waals surface area contributed by atoms with Crippen LogP contribution in [0.15, 0.2) is 12.2 Å². The molecule has 1 aliphatic carbocycles. The van der Waals surface area contributed by atoms with Crippen LogP contribution >= 0.6 is 11.8 Å². The lowest BCUT2D eigenvalue weighted by atomic mass is 9.76. The summed E-state index contributed by atoms with van der Waals surface area (Å²) in [6.45, 7) is 0. The summed E-state index contributed by atoms with van der Waals surface area (Å²) in [5.41, 5.74) is 0. The molecule has 5 atom stereocenters. The molecule has 0 aromatic heterocycles. The van der Waals surface area contributed by atoms with E-state index in [1.165, 1.54) is 57.8 Å². The number of hydrogen-bond acceptors (Lipinski definition) is 3. The van der Waals surface area contributed by atoms with Gasteiger partial charge in [-0.2, -0.15) is 11.8 Å². The Kier molecular flexibility index (Phi) is 7.92. The summed E-state index contributed by atoms with van der Waals surface area (Å²) in [4.78, 5) is 10.6. The number of allylic oxidation sites excluding steroid dienone is 1. The van der Waals surface area contributed by atoms with Crippen molar-refractivity contribution in [3.63, 3.8) is 0 Å². The maximum Gasteiger partial charge on any atom is 0.303 e. The summed E-state index contributed by atoms with van der Waals surface area (Å²) in [6.07, 6.45) is 19.1. The Morgan fingerprint density at radius 2 is 1.73 bits per heavy atom. The first kappa shape index (κ1) is 20.3. The van der Waals surface area contributed by atoms with Crippen molar-refractivity contribution < 1.29 is 15.0 Å². The Bertz CT molecular complexity index is 472. The van der Waals surface area contributed by atoms with E-state index in [1.54, 1.807) is 0 Å². The van der Waals surface area contributed by atoms with Crippen molar-refractivity contribution in [2.45, 2.75) is 100 Å². The van der Waals surface area contributed by atoms with Crippen molar-refractivity contribution in [3.05, 3.63) is 12.2 Å². The molecule has 1 unspecified atom stereocenters. The van der Waals surface area contributed by atoms with Crippen molar-refractivity contribution in [1.29, 1.82) is 0 Å². The molecular weight excluding hydrogens is 344 g/mol. The molecule has 3 fully saturated rings. The summed E-state index contributed by atoms with van der Waals surface area (Å²) < 4.78 is 0. The highest BCUT2D eigenvalue weighted by atomic mass is 32.2. The smallest absolute Gasteiger partial charge is 0.303 e. The lowest BCUT2D eigenvalue weighted by Gasteiger charge is -2.29. The van der Waals surface area contributed by atoms with E-state index in [-0.39, 0.29) is 6.10 Å². The first-order valence-electron chi connectivity index (χ1n) is 10.9. The molecule has 1 saturated carbocycles. The minimum absolute atomic E-state index is 0.240. The largest absolute Gasteiger partial charge is 0.481 e. The molecule has 2 N–H and O–H groups in total. The van der Waals surface area contributed by atoms with Gasteiger partial charge in [-0.15, -0.1) is 0 Å². The monoisotopic (exact) mass is 380 g/mol. The summed E-state index contributed by atoms with van der Waals surface area (Å²) in [5.74, 6) is 1.24. The van der Waals surface area contributed by atoms with Gasteiger partial charge in [-0.05, 0) is 56.3 Å². The average Bonchev–Trinajstić information content (AvgIpc) is 3.24. The van der Waals surface area contributed by atoms with E-state index in [9.17, 15) is 9.90 Å². The van der Waals surface area contributed by atoms with Gasteiger partial charge >= 0.3 is 5.97 Å². The number of rotatable bonds is 10. The molecule has 3 rings (SSSR count). The predicted octanol–water partition coefficient (Wildman–Crippen LogP) is 5.42. The van der Waals surface area contributed by atoms with E-state index >= 15 is 0 Å². The van der Waals surface area contributed by atoms with Crippen LogP contribution in [0.1, 0.15) is 83.5 Å². The number of aliphatic carboxylic acids is 1. The van der Waals surface area contributed by atoms with Crippen LogP contribution in [0, 0.1) is 17.8 Å². The Morgan fingerprint density at radius 1 is 1.00 bits per heavy atom. The van der Waals surface area contributed by atoms with E-state index in [0.717, 1.165) is 35.7 Å². The van der Waals surface area contributed by atoms with Crippen LogP contribution in [0.3, 0.4) is 0 Å². The predicted molar refractivity (Wildman–Crippen MR) is 108 cm³/mol. The SMILES string of the molecule is O=C(O)CCCCCC[C@@H]1[C@H](C=CC(O)C2CCCCC2)[C@@H]2CC[C@H]1S2. The number of hydrogen-bond donors (Lipinski definition) is 2. The minimum atomic E-state index is -0.670. The summed E-state index contributed by atoms with van der Waals surface area (Å²) in [7, 11) is 0. The molecule has 3 aliphatic rings. The van der Waals surface area contributed by atoms with Crippen molar-refractivity contribution in [3.8, 4) is 0 Å². The standard InChI is InChI=1S/C22H36O3S/c23-19(16-8-4-3-5-9-16)13-12-18-17(20-14-15-21(18)26-20)10-6-1-2-7-11-22(24)25/h12-13,16-21,23H,1-11,14-15H2,(H,24,25)/t17-,18+,19?,20-,21+/m1/s1. The van der Waals surface area contributed by atoms with Crippen molar-refractivity contribution in [2.24, 2.45) is 17.8 Å². The fourth-order valence-electron chi connectivity index (χ4n) is 5.34. The molecule has 26 heavy (non-hydrogen) atoms. The molecule has 0 radical (unpaired) electrons. The molecule has 0 spiro atoms. The van der Waals surface area contributed by atoms with Crippen LogP contribution in [0.25, 0.3) is 0 Å². The molecule has 0 amide bonds. The van der Waals surface area contributed by atoms with Gasteiger partial charge in [-0.3, -0.25) is 4.79 Å². The fourth-order valence-corrected chi connectivity index (χ4v) is 7.33. The minimum Gasteiger partial charge on any atom is -0.481 e. The van der Waals surface area contributed by atoms with Gasteiger partial charge in [0, 0.05) is 16.9 Å². The number of carbonyl (C=O) groups is 1. The Hall–Kier alpha value is -0.480. The second kappa shape index (κ2) is 10.2. The lowest BCUT2D eigenvalue weighted by molar-refractivity contribution is -0.137. The number of thioether (sulfide) groups is 1. The first-order valence-corrected chi connectivity index (χ1v) is 11.8. The molecule has 2 heterocycles. The topological polar surface area (TPSA) is 57.5 Å². The molecule has 148 valence electrons. The van der Waals surface area contributed by atoms with Crippen molar-refractivity contribution in [1.82, 2.24) is 0 Å². The highest BCUT2D eigenvalue weighted by molar-refractivity contribution is 8.01. The molecule has 0 aromatic carbocycles. The summed E-state index contributed by atoms with van der Waals surface area (Å²) in [5, 5.41) is 20.9. The highest BCUT2D eigenvalue weighted by Gasteiger charge is 2.46. The highest BCUT2D eigenvalue weighted by Crippen LogP contribution is 2.55. The Balaban J connectivity index is 1.44. The zero-order valence-corrected chi connectivity index (χ0v) is 16.8. The van der Waals surface area contributed by atoms with Gasteiger partial charge in [0.05, 0.1) is 6.10 Å². The molecule has 4 heteroatoms. The van der Waals surface area contributed by atoms with Crippen molar-refractivity contribution >= 4 is 17.7 Å². The summed E-state index contributed by atoms with van der Waals surface area (Å²) >= 11 is 2.20. The van der Waals surface area contributed by atoms with Gasteiger partial charge in [-0.25, -0.2) is 0 Å². The van der Waals surface area contributed by atoms with Gasteiger partial charge in [0.2, 0.25) is 0 Å². The van der Waals surface area contributed by atoms with E-state index in [2.05, 4.69) is 23.9 Å². The third kappa shape index (κ3) is 5.51. The van der Waals surface area contributed by atoms with Gasteiger partial charge in [0.1, 0.15) is 0 Å². The number of fused-ring (bicyclic) bond motifs is 2. The van der Waals surface area contributed by atoms with E-state index in [1.807, 2.05) is 0 Å². The van der Waals surface area contributed by atoms with Gasteiger partial charge in [0.15, 0.2) is 0 Å². The molecule has 3 nitrogen and oxygen atoms in total. The normalized spacial score (nSPS) is 33.1. The maximum atomic E-state index is 10.6. The number of aliphatic hydroxyl groups excluding tert-OH is 1. The molecular formula is C22H36O3S. The first-order chi connectivity index (χ1) is 12.6. The third-order valence-corrected chi connectivity index (χ3v) is 8.66. The fraction of sp³-hybridized carbons (Fsp3) is 0.864. The van der Waals surface area contributed by atoms with Gasteiger partial charge in [0.25, 0.3) is 0 Å². The van der Waals surface area contributed by atoms with Crippen LogP contribution in [0.4, 0.5) is 0 Å². The maximum absolute atomic E-state index is 10.6. The quantitative estimate of drug-likeness (QED) is 0.392. The number of carboxylic acid groups (broad SMARTS) is 1. The lowest BCUT2D eigenvalue weighted by Crippen LogP contribution is -2.27. The third-order valence-electron chi connectivity index (χ3n) is 6.83. The van der Waals surface area contributed by atoms with E-state index < -0.39 is 5.97 Å². The average molecular weight is 381 g/mol. The van der Waals surface area contributed by atoms with Gasteiger partial charge < -0.3 is 10.2 Å². The summed E-state index contributed by atoms with van der Waals surface area (Å²) in [6, 6.07) is 0. The number of aliphatic hydroxyl groups is 1. The molecule has 2 saturated heterocycles. The van der Waals surface area contributed by atoms with Crippen LogP contribution in [-0.2, 0) is 4.79 Å². The van der Waals surface area contributed by atoms with E-state index in [0.29, 0.717) is 18.3 Å². The number of carboxylic acids is 1. The Morgan fingerprint density at radius 3 is 2.50 bits per heavy atom. The molecule has 0 aromatic rings. The van der Waals surface area contributed by atoms with Crippen LogP contribution < -0.4 is 0 Å². The van der Waals surface area contributed by atoms with E-state index in [4.69, 9.17) is 5.11 Å². The van der Waals surface area contributed by atoms with Crippen LogP contribution in [0.5, 0.6) is 0 Å².